The number of amides is 1. The van der Waals surface area contributed by atoms with Crippen LogP contribution in [0.25, 0.3) is 0 Å². The molecule has 4 rings (SSSR count). The lowest BCUT2D eigenvalue weighted by atomic mass is 9.99. The van der Waals surface area contributed by atoms with Crippen molar-refractivity contribution in [3.63, 3.8) is 0 Å². The average Bonchev–Trinajstić information content (AvgIpc) is 3.08. The zero-order valence-corrected chi connectivity index (χ0v) is 14.9. The molecule has 0 bridgehead atoms. The zero-order valence-electron chi connectivity index (χ0n) is 14.9. The van der Waals surface area contributed by atoms with Gasteiger partial charge in [-0.2, -0.15) is 0 Å². The van der Waals surface area contributed by atoms with Gasteiger partial charge in [-0.25, -0.2) is 4.39 Å². The van der Waals surface area contributed by atoms with Crippen molar-refractivity contribution < 1.29 is 13.9 Å². The lowest BCUT2D eigenvalue weighted by molar-refractivity contribution is -0.129. The number of methoxy groups -OCH3 is 1. The summed E-state index contributed by atoms with van der Waals surface area (Å²) in [6, 6.07) is 10.2. The molecule has 5 heteroatoms. The minimum Gasteiger partial charge on any atom is -0.496 e. The highest BCUT2D eigenvalue weighted by Gasteiger charge is 2.32. The van der Waals surface area contributed by atoms with E-state index in [9.17, 15) is 9.18 Å². The minimum absolute atomic E-state index is 0.0815. The molecule has 2 aromatic rings. The average molecular weight is 354 g/mol. The van der Waals surface area contributed by atoms with Gasteiger partial charge in [-0.1, -0.05) is 18.2 Å². The number of nitrogens with zero attached hydrogens (tertiary/aromatic N) is 1. The summed E-state index contributed by atoms with van der Waals surface area (Å²) in [6.07, 6.45) is 3.38. The number of fused-ring (bicyclic) bond motifs is 1. The Bertz CT molecular complexity index is 837. The van der Waals surface area contributed by atoms with Gasteiger partial charge in [-0.15, -0.1) is 0 Å². The highest BCUT2D eigenvalue weighted by Crippen LogP contribution is 2.33. The van der Waals surface area contributed by atoms with Crippen LogP contribution in [0.4, 0.5) is 4.39 Å². The molecule has 1 saturated heterocycles. The summed E-state index contributed by atoms with van der Waals surface area (Å²) in [5, 5.41) is 2.90. The Kier molecular flexibility index (Phi) is 4.64. The predicted molar refractivity (Wildman–Crippen MR) is 97.6 cm³/mol. The summed E-state index contributed by atoms with van der Waals surface area (Å²) in [5.74, 6) is 0.465. The second kappa shape index (κ2) is 7.08. The maximum atomic E-state index is 13.7. The number of ether oxygens (including phenoxy) is 1. The molecular weight excluding hydrogens is 331 g/mol. The fourth-order valence-electron chi connectivity index (χ4n) is 4.11. The lowest BCUT2D eigenvalue weighted by Crippen LogP contribution is -2.49. The number of carbonyl (C=O) groups excluding carboxylic acids is 1. The van der Waals surface area contributed by atoms with Gasteiger partial charge in [0.25, 0.3) is 0 Å². The number of carbonyl (C=O) groups is 1. The molecule has 0 saturated carbocycles. The second-order valence-electron chi connectivity index (χ2n) is 7.01. The number of benzene rings is 2. The Labute approximate surface area is 153 Å². The maximum Gasteiger partial charge on any atom is 0.242 e. The Morgan fingerprint density at radius 2 is 2.04 bits per heavy atom. The molecule has 2 aliphatic rings. The van der Waals surface area contributed by atoms with Crippen LogP contribution in [0.1, 0.15) is 34.7 Å². The van der Waals surface area contributed by atoms with E-state index in [1.807, 2.05) is 6.07 Å². The van der Waals surface area contributed by atoms with Gasteiger partial charge in [-0.05, 0) is 54.2 Å². The highest BCUT2D eigenvalue weighted by atomic mass is 19.1. The van der Waals surface area contributed by atoms with Gasteiger partial charge in [0.2, 0.25) is 5.91 Å². The van der Waals surface area contributed by atoms with Gasteiger partial charge >= 0.3 is 0 Å². The first kappa shape index (κ1) is 17.0. The first-order valence-corrected chi connectivity index (χ1v) is 9.11. The van der Waals surface area contributed by atoms with E-state index < -0.39 is 6.04 Å². The molecule has 0 spiro atoms. The van der Waals surface area contributed by atoms with Crippen molar-refractivity contribution in [1.82, 2.24) is 10.2 Å². The molecule has 1 aliphatic carbocycles. The molecule has 1 fully saturated rings. The van der Waals surface area contributed by atoms with Crippen LogP contribution in [0.3, 0.4) is 0 Å². The topological polar surface area (TPSA) is 41.6 Å². The SMILES string of the molecule is COc1cc2c(cc1CN1CCNC(=O)C1c1cccc(F)c1)CCC2. The molecule has 4 nitrogen and oxygen atoms in total. The van der Waals surface area contributed by atoms with Crippen LogP contribution in [0.5, 0.6) is 5.75 Å². The monoisotopic (exact) mass is 354 g/mol. The smallest absolute Gasteiger partial charge is 0.242 e. The number of nitrogens with one attached hydrogen (secondary N) is 1. The van der Waals surface area contributed by atoms with E-state index in [2.05, 4.69) is 22.3 Å². The number of hydrogen-bond acceptors (Lipinski definition) is 3. The van der Waals surface area contributed by atoms with Gasteiger partial charge in [0.05, 0.1) is 7.11 Å². The number of hydrogen-bond donors (Lipinski definition) is 1. The molecule has 1 aliphatic heterocycles. The van der Waals surface area contributed by atoms with Crippen LogP contribution in [0, 0.1) is 5.82 Å². The van der Waals surface area contributed by atoms with E-state index in [0.717, 1.165) is 24.2 Å². The fourth-order valence-corrected chi connectivity index (χ4v) is 4.11. The molecule has 0 radical (unpaired) electrons. The Morgan fingerprint density at radius 3 is 2.81 bits per heavy atom. The molecule has 136 valence electrons. The molecule has 0 aromatic heterocycles. The number of aryl methyl sites for hydroxylation is 2. The molecule has 1 unspecified atom stereocenters. The van der Waals surface area contributed by atoms with Gasteiger partial charge in [-0.3, -0.25) is 9.69 Å². The molecular formula is C21H23FN2O2. The Hall–Kier alpha value is -2.40. The molecule has 1 N–H and O–H groups in total. The van der Waals surface area contributed by atoms with Crippen molar-refractivity contribution in [2.45, 2.75) is 31.8 Å². The number of piperazine rings is 1. The van der Waals surface area contributed by atoms with Crippen molar-refractivity contribution >= 4 is 5.91 Å². The van der Waals surface area contributed by atoms with E-state index in [1.165, 1.54) is 29.7 Å². The van der Waals surface area contributed by atoms with Crippen LogP contribution in [0.15, 0.2) is 36.4 Å². The quantitative estimate of drug-likeness (QED) is 0.918. The van der Waals surface area contributed by atoms with Crippen LogP contribution in [-0.4, -0.2) is 31.0 Å². The zero-order chi connectivity index (χ0) is 18.1. The summed E-state index contributed by atoms with van der Waals surface area (Å²) in [7, 11) is 1.69. The van der Waals surface area contributed by atoms with Crippen molar-refractivity contribution in [2.24, 2.45) is 0 Å². The third-order valence-electron chi connectivity index (χ3n) is 5.34. The molecule has 1 amide bonds. The van der Waals surface area contributed by atoms with Gasteiger partial charge < -0.3 is 10.1 Å². The fraction of sp³-hybridized carbons (Fsp3) is 0.381. The normalized spacial score (nSPS) is 19.9. The molecule has 1 atom stereocenters. The van der Waals surface area contributed by atoms with Crippen LogP contribution >= 0.6 is 0 Å². The summed E-state index contributed by atoms with van der Waals surface area (Å²) < 4.78 is 19.3. The van der Waals surface area contributed by atoms with Crippen LogP contribution < -0.4 is 10.1 Å². The van der Waals surface area contributed by atoms with Gasteiger partial charge in [0.1, 0.15) is 17.6 Å². The van der Waals surface area contributed by atoms with E-state index >= 15 is 0 Å². The lowest BCUT2D eigenvalue weighted by Gasteiger charge is -2.35. The number of halogens is 1. The van der Waals surface area contributed by atoms with Crippen molar-refractivity contribution in [2.75, 3.05) is 20.2 Å². The first-order valence-electron chi connectivity index (χ1n) is 9.11. The van der Waals surface area contributed by atoms with Crippen LogP contribution in [-0.2, 0) is 24.2 Å². The number of rotatable bonds is 4. The van der Waals surface area contributed by atoms with Gasteiger partial charge in [0, 0.05) is 25.2 Å². The standard InChI is InChI=1S/C21H23FN2O2/c1-26-19-12-15-5-2-4-14(15)10-17(19)13-24-9-8-23-21(25)20(24)16-6-3-7-18(22)11-16/h3,6-7,10-12,20H,2,4-5,8-9,13H2,1H3,(H,23,25). The highest BCUT2D eigenvalue weighted by molar-refractivity contribution is 5.83. The Morgan fingerprint density at radius 1 is 1.23 bits per heavy atom. The first-order chi connectivity index (χ1) is 12.7. The molecule has 26 heavy (non-hydrogen) atoms. The van der Waals surface area contributed by atoms with Crippen molar-refractivity contribution in [1.29, 1.82) is 0 Å². The molecule has 1 heterocycles. The second-order valence-corrected chi connectivity index (χ2v) is 7.01. The van der Waals surface area contributed by atoms with E-state index in [4.69, 9.17) is 4.74 Å². The summed E-state index contributed by atoms with van der Waals surface area (Å²) in [6.45, 7) is 1.91. The van der Waals surface area contributed by atoms with E-state index in [-0.39, 0.29) is 11.7 Å². The third-order valence-corrected chi connectivity index (χ3v) is 5.34. The van der Waals surface area contributed by atoms with Crippen molar-refractivity contribution in [3.8, 4) is 5.75 Å². The summed E-state index contributed by atoms with van der Waals surface area (Å²) >= 11 is 0. The van der Waals surface area contributed by atoms with E-state index in [0.29, 0.717) is 25.2 Å². The summed E-state index contributed by atoms with van der Waals surface area (Å²) in [4.78, 5) is 14.6. The predicted octanol–water partition coefficient (Wildman–Crippen LogP) is 3.00. The largest absolute Gasteiger partial charge is 0.496 e. The third kappa shape index (κ3) is 3.19. The summed E-state index contributed by atoms with van der Waals surface area (Å²) in [5.41, 5.74) is 4.51. The minimum atomic E-state index is -0.489. The van der Waals surface area contributed by atoms with Crippen molar-refractivity contribution in [3.05, 3.63) is 64.5 Å². The maximum absolute atomic E-state index is 13.7. The molecule has 2 aromatic carbocycles. The van der Waals surface area contributed by atoms with Crippen LogP contribution in [0.2, 0.25) is 0 Å². The van der Waals surface area contributed by atoms with Gasteiger partial charge in [0.15, 0.2) is 0 Å². The van der Waals surface area contributed by atoms with E-state index in [1.54, 1.807) is 13.2 Å². The Balaban J connectivity index is 1.66.